The van der Waals surface area contributed by atoms with E-state index in [9.17, 15) is 9.59 Å². The van der Waals surface area contributed by atoms with E-state index in [1.165, 1.54) is 0 Å². The van der Waals surface area contributed by atoms with Crippen molar-refractivity contribution in [1.29, 1.82) is 0 Å². The quantitative estimate of drug-likeness (QED) is 0.896. The summed E-state index contributed by atoms with van der Waals surface area (Å²) in [4.78, 5) is 26.0. The van der Waals surface area contributed by atoms with Crippen molar-refractivity contribution in [3.8, 4) is 5.75 Å². The number of hydrogen-bond donors (Lipinski definition) is 1. The monoisotopic (exact) mass is 342 g/mol. The minimum Gasteiger partial charge on any atom is -0.484 e. The first-order valence-electron chi connectivity index (χ1n) is 8.41. The van der Waals surface area contributed by atoms with Crippen LogP contribution in [0.3, 0.4) is 0 Å². The average molecular weight is 342 g/mol. The summed E-state index contributed by atoms with van der Waals surface area (Å²) in [7, 11) is 0. The number of nitrogens with one attached hydrogen (secondary N) is 1. The van der Waals surface area contributed by atoms with Crippen LogP contribution < -0.4 is 10.1 Å². The van der Waals surface area contributed by atoms with E-state index >= 15 is 0 Å². The van der Waals surface area contributed by atoms with E-state index in [1.807, 2.05) is 42.5 Å². The summed E-state index contributed by atoms with van der Waals surface area (Å²) >= 11 is 0. The molecule has 1 saturated heterocycles. The maximum atomic E-state index is 12.3. The molecule has 0 saturated carbocycles. The molecule has 132 valence electrons. The Hall–Kier alpha value is -2.60. The van der Waals surface area contributed by atoms with Crippen LogP contribution in [0.2, 0.25) is 0 Å². The lowest BCUT2D eigenvalue weighted by molar-refractivity contribution is -0.139. The van der Waals surface area contributed by atoms with Crippen LogP contribution in [0, 0.1) is 0 Å². The summed E-state index contributed by atoms with van der Waals surface area (Å²) in [5.74, 6) is 0.214. The molecule has 1 N–H and O–H groups in total. The molecule has 2 amide bonds. The van der Waals surface area contributed by atoms with Crippen LogP contribution in [-0.4, -0.2) is 55.7 Å². The maximum Gasteiger partial charge on any atom is 0.258 e. The molecular formula is C19H22N2O4. The van der Waals surface area contributed by atoms with Crippen molar-refractivity contribution in [2.45, 2.75) is 13.0 Å². The van der Waals surface area contributed by atoms with Crippen LogP contribution in [0.4, 0.5) is 0 Å². The molecule has 0 bridgehead atoms. The number of nitrogens with zero attached hydrogens (tertiary/aromatic N) is 1. The Bertz CT molecular complexity index is 756. The van der Waals surface area contributed by atoms with E-state index in [0.29, 0.717) is 32.1 Å². The lowest BCUT2D eigenvalue weighted by Gasteiger charge is -2.29. The lowest BCUT2D eigenvalue weighted by atomic mass is 10.1. The van der Waals surface area contributed by atoms with E-state index in [4.69, 9.17) is 9.47 Å². The molecule has 1 heterocycles. The van der Waals surface area contributed by atoms with Gasteiger partial charge >= 0.3 is 0 Å². The Morgan fingerprint density at radius 3 is 2.64 bits per heavy atom. The van der Waals surface area contributed by atoms with Crippen LogP contribution >= 0.6 is 0 Å². The van der Waals surface area contributed by atoms with Gasteiger partial charge in [-0.05, 0) is 29.8 Å². The predicted molar refractivity (Wildman–Crippen MR) is 94.4 cm³/mol. The van der Waals surface area contributed by atoms with Gasteiger partial charge in [0.1, 0.15) is 11.8 Å². The topological polar surface area (TPSA) is 67.9 Å². The van der Waals surface area contributed by atoms with Crippen LogP contribution in [0.1, 0.15) is 6.92 Å². The van der Waals surface area contributed by atoms with E-state index in [-0.39, 0.29) is 18.4 Å². The molecule has 0 radical (unpaired) electrons. The SMILES string of the molecule is C[C@@H](NC(=O)COc1ccc2ccccc2c1)C(=O)N1CCOCC1. The van der Waals surface area contributed by atoms with Gasteiger partial charge in [-0.2, -0.15) is 0 Å². The van der Waals surface area contributed by atoms with Gasteiger partial charge in [0.2, 0.25) is 5.91 Å². The minimum absolute atomic E-state index is 0.0950. The zero-order chi connectivity index (χ0) is 17.6. The highest BCUT2D eigenvalue weighted by Gasteiger charge is 2.23. The van der Waals surface area contributed by atoms with Crippen LogP contribution in [0.15, 0.2) is 42.5 Å². The van der Waals surface area contributed by atoms with Gasteiger partial charge in [-0.25, -0.2) is 0 Å². The third-order valence-electron chi connectivity index (χ3n) is 4.16. The maximum absolute atomic E-state index is 12.3. The number of amides is 2. The number of carbonyl (C=O) groups is 2. The summed E-state index contributed by atoms with van der Waals surface area (Å²) in [6, 6.07) is 13.0. The second kappa shape index (κ2) is 7.98. The van der Waals surface area contributed by atoms with Crippen molar-refractivity contribution < 1.29 is 19.1 Å². The van der Waals surface area contributed by atoms with Gasteiger partial charge < -0.3 is 19.7 Å². The van der Waals surface area contributed by atoms with E-state index in [1.54, 1.807) is 11.8 Å². The zero-order valence-corrected chi connectivity index (χ0v) is 14.2. The van der Waals surface area contributed by atoms with Crippen LogP contribution in [0.5, 0.6) is 5.75 Å². The molecular weight excluding hydrogens is 320 g/mol. The zero-order valence-electron chi connectivity index (χ0n) is 14.2. The molecule has 1 atom stereocenters. The number of rotatable bonds is 5. The third kappa shape index (κ3) is 4.48. The standard InChI is InChI=1S/C19H22N2O4/c1-14(19(23)21-8-10-24-11-9-21)20-18(22)13-25-17-7-6-15-4-2-3-5-16(15)12-17/h2-7,12,14H,8-11,13H2,1H3,(H,20,22)/t14-/m1/s1. The summed E-state index contributed by atoms with van der Waals surface area (Å²) in [5.41, 5.74) is 0. The molecule has 6 nitrogen and oxygen atoms in total. The molecule has 1 aliphatic rings. The summed E-state index contributed by atoms with van der Waals surface area (Å²) < 4.78 is 10.8. The largest absolute Gasteiger partial charge is 0.484 e. The molecule has 0 aliphatic carbocycles. The van der Waals surface area contributed by atoms with E-state index in [2.05, 4.69) is 5.32 Å². The van der Waals surface area contributed by atoms with Gasteiger partial charge in [-0.3, -0.25) is 9.59 Å². The van der Waals surface area contributed by atoms with Gasteiger partial charge in [0, 0.05) is 13.1 Å². The highest BCUT2D eigenvalue weighted by Crippen LogP contribution is 2.20. The Morgan fingerprint density at radius 2 is 1.88 bits per heavy atom. The van der Waals surface area contributed by atoms with E-state index < -0.39 is 6.04 Å². The average Bonchev–Trinajstić information content (AvgIpc) is 2.66. The first-order chi connectivity index (χ1) is 12.1. The molecule has 1 fully saturated rings. The normalized spacial score (nSPS) is 15.6. The number of ether oxygens (including phenoxy) is 2. The molecule has 25 heavy (non-hydrogen) atoms. The van der Waals surface area contributed by atoms with Gasteiger partial charge in [-0.15, -0.1) is 0 Å². The Kier molecular flexibility index (Phi) is 5.50. The molecule has 6 heteroatoms. The fraction of sp³-hybridized carbons (Fsp3) is 0.368. The number of carbonyl (C=O) groups excluding carboxylic acids is 2. The van der Waals surface area contributed by atoms with Crippen molar-refractivity contribution in [2.24, 2.45) is 0 Å². The van der Waals surface area contributed by atoms with Crippen molar-refractivity contribution in [1.82, 2.24) is 10.2 Å². The van der Waals surface area contributed by atoms with Crippen LogP contribution in [0.25, 0.3) is 10.8 Å². The lowest BCUT2D eigenvalue weighted by Crippen LogP contribution is -2.51. The Labute approximate surface area is 146 Å². The highest BCUT2D eigenvalue weighted by atomic mass is 16.5. The van der Waals surface area contributed by atoms with Crippen LogP contribution in [-0.2, 0) is 14.3 Å². The minimum atomic E-state index is -0.578. The van der Waals surface area contributed by atoms with Crippen molar-refractivity contribution in [3.05, 3.63) is 42.5 Å². The second-order valence-corrected chi connectivity index (χ2v) is 6.02. The second-order valence-electron chi connectivity index (χ2n) is 6.02. The molecule has 2 aromatic rings. The highest BCUT2D eigenvalue weighted by molar-refractivity contribution is 5.88. The molecule has 0 aromatic heterocycles. The molecule has 0 spiro atoms. The Balaban J connectivity index is 1.50. The third-order valence-corrected chi connectivity index (χ3v) is 4.16. The van der Waals surface area contributed by atoms with Gasteiger partial charge in [-0.1, -0.05) is 30.3 Å². The number of morpholine rings is 1. The first-order valence-corrected chi connectivity index (χ1v) is 8.41. The fourth-order valence-electron chi connectivity index (χ4n) is 2.81. The first kappa shape index (κ1) is 17.2. The van der Waals surface area contributed by atoms with Gasteiger partial charge in [0.15, 0.2) is 6.61 Å². The summed E-state index contributed by atoms with van der Waals surface area (Å²) in [5, 5.41) is 4.86. The summed E-state index contributed by atoms with van der Waals surface area (Å²) in [6.45, 7) is 3.76. The smallest absolute Gasteiger partial charge is 0.258 e. The van der Waals surface area contributed by atoms with Gasteiger partial charge in [0.25, 0.3) is 5.91 Å². The number of benzene rings is 2. The van der Waals surface area contributed by atoms with Crippen molar-refractivity contribution in [3.63, 3.8) is 0 Å². The summed E-state index contributed by atoms with van der Waals surface area (Å²) in [6.07, 6.45) is 0. The number of fused-ring (bicyclic) bond motifs is 1. The van der Waals surface area contributed by atoms with Crippen molar-refractivity contribution in [2.75, 3.05) is 32.9 Å². The van der Waals surface area contributed by atoms with Gasteiger partial charge in [0.05, 0.1) is 13.2 Å². The molecule has 3 rings (SSSR count). The van der Waals surface area contributed by atoms with Crippen molar-refractivity contribution >= 4 is 22.6 Å². The fourth-order valence-corrected chi connectivity index (χ4v) is 2.81. The number of hydrogen-bond acceptors (Lipinski definition) is 4. The Morgan fingerprint density at radius 1 is 1.16 bits per heavy atom. The predicted octanol–water partition coefficient (Wildman–Crippen LogP) is 1.58. The van der Waals surface area contributed by atoms with E-state index in [0.717, 1.165) is 10.8 Å². The molecule has 0 unspecified atom stereocenters. The molecule has 2 aromatic carbocycles. The molecule has 1 aliphatic heterocycles.